The van der Waals surface area contributed by atoms with E-state index in [1.807, 2.05) is 67.6 Å². The van der Waals surface area contributed by atoms with Gasteiger partial charge in [-0.25, -0.2) is 13.9 Å². The molecule has 0 fully saturated rings. The van der Waals surface area contributed by atoms with Crippen LogP contribution in [0.25, 0.3) is 34.2 Å². The number of fused-ring (bicyclic) bond motifs is 6. The molecule has 470 valence electrons. The first-order valence-corrected chi connectivity index (χ1v) is 31.2. The van der Waals surface area contributed by atoms with Crippen molar-refractivity contribution in [3.63, 3.8) is 0 Å². The van der Waals surface area contributed by atoms with Gasteiger partial charge in [0.25, 0.3) is 5.91 Å². The van der Waals surface area contributed by atoms with Crippen LogP contribution < -0.4 is 41.1 Å². The summed E-state index contributed by atoms with van der Waals surface area (Å²) in [6.45, 7) is 0.0126. The van der Waals surface area contributed by atoms with Crippen LogP contribution >= 0.6 is 6.72 Å². The summed E-state index contributed by atoms with van der Waals surface area (Å²) in [5.41, 5.74) is 7.14. The largest absolute Gasteiger partial charge is 0.780 e. The molecule has 2 aliphatic rings. The number of carbonyl (C=O) groups is 4. The molecule has 9 rings (SSSR count). The van der Waals surface area contributed by atoms with Crippen LogP contribution in [0.3, 0.4) is 0 Å². The van der Waals surface area contributed by atoms with Crippen LogP contribution in [0.1, 0.15) is 66.5 Å². The van der Waals surface area contributed by atoms with Gasteiger partial charge in [-0.2, -0.15) is 13.2 Å². The van der Waals surface area contributed by atoms with Crippen molar-refractivity contribution in [3.05, 3.63) is 149 Å². The minimum absolute atomic E-state index is 0.00377. The van der Waals surface area contributed by atoms with E-state index in [1.165, 1.54) is 7.11 Å². The van der Waals surface area contributed by atoms with Crippen molar-refractivity contribution >= 4 is 88.1 Å². The van der Waals surface area contributed by atoms with Gasteiger partial charge in [0.05, 0.1) is 93.2 Å². The molecular weight excluding hydrogens is 1200 g/mol. The Labute approximate surface area is 515 Å². The number of aryl methyl sites for hydroxylation is 1. The Balaban J connectivity index is 0.699. The second-order valence-electron chi connectivity index (χ2n) is 20.5. The fraction of sp³-hybridized carbons (Fsp3) is 0.323. The van der Waals surface area contributed by atoms with Gasteiger partial charge < -0.3 is 69.4 Å². The van der Waals surface area contributed by atoms with Gasteiger partial charge >= 0.3 is 12.2 Å². The molecule has 7 aromatic rings. The van der Waals surface area contributed by atoms with E-state index in [0.29, 0.717) is 71.4 Å². The molecule has 1 unspecified atom stereocenters. The first kappa shape index (κ1) is 65.1. The second kappa shape index (κ2) is 30.7. The Morgan fingerprint density at radius 3 is 2.28 bits per heavy atom. The van der Waals surface area contributed by atoms with Gasteiger partial charge in [0.2, 0.25) is 11.8 Å². The summed E-state index contributed by atoms with van der Waals surface area (Å²) in [5.74, 6) is -2.70. The molecule has 5 amide bonds. The number of nitrogens with zero attached hydrogens (tertiary/aromatic N) is 4. The van der Waals surface area contributed by atoms with Crippen molar-refractivity contribution in [2.75, 3.05) is 92.7 Å². The third-order valence-electron chi connectivity index (χ3n) is 14.3. The molecule has 2 aliphatic heterocycles. The van der Waals surface area contributed by atoms with E-state index in [-0.39, 0.29) is 95.7 Å². The summed E-state index contributed by atoms with van der Waals surface area (Å²) >= 11 is 4.72. The van der Waals surface area contributed by atoms with E-state index in [9.17, 15) is 37.2 Å². The molecular formula is C62H66F4N10O11PS-. The number of ether oxygens (including phenoxy) is 4. The highest BCUT2D eigenvalue weighted by Gasteiger charge is 2.34. The van der Waals surface area contributed by atoms with Gasteiger partial charge in [-0.1, -0.05) is 84.5 Å². The zero-order chi connectivity index (χ0) is 62.9. The summed E-state index contributed by atoms with van der Waals surface area (Å²) in [4.78, 5) is 69.3. The standard InChI is InChI=1S/C62H67F4N10O11PS/c1-40-17-18-45(37-50(40)69-44-19-20-47-49(36-43-13-11-24-67-43)60(79)71-51(47)38-44)70-61(80)72-52-34-42(62(64,65)66)35-54(57(52)63)86-33-32-85-31-30-84-29-28-83-27-25-76-59-48-15-7-8-16-53(48)75(39-41-12-5-6-14-46(41)58(59)73-74-76)56(78)22-21-55(77)68-23-9-3-4-10-26-87-88(81,89)82-2/h5-8,11-20,24,34-38,67,69H,3-4,9-10,21-23,25-33,39H2,1-2H3,(H,68,77)(H,71,79)(H,81,89)(H2,70,72,80)/p-1/b49-36-. The lowest BCUT2D eigenvalue weighted by molar-refractivity contribution is -0.204. The second-order valence-corrected chi connectivity index (χ2v) is 23.4. The quantitative estimate of drug-likeness (QED) is 0.0106. The molecule has 21 nitrogen and oxygen atoms in total. The van der Waals surface area contributed by atoms with Gasteiger partial charge in [0.15, 0.2) is 11.6 Å². The number of para-hydroxylation sites is 1. The molecule has 2 aromatic heterocycles. The molecule has 89 heavy (non-hydrogen) atoms. The Morgan fingerprint density at radius 2 is 1.52 bits per heavy atom. The van der Waals surface area contributed by atoms with Gasteiger partial charge in [-0.15, -0.1) is 5.10 Å². The minimum atomic E-state index is -4.91. The predicted octanol–water partition coefficient (Wildman–Crippen LogP) is 11.0. The molecule has 0 bridgehead atoms. The van der Waals surface area contributed by atoms with Crippen molar-refractivity contribution in [2.45, 2.75) is 64.7 Å². The molecule has 0 spiro atoms. The molecule has 0 saturated carbocycles. The van der Waals surface area contributed by atoms with Gasteiger partial charge in [-0.05, 0) is 91.6 Å². The number of aromatic amines is 1. The highest BCUT2D eigenvalue weighted by molar-refractivity contribution is 8.06. The van der Waals surface area contributed by atoms with Crippen LogP contribution in [0.15, 0.2) is 115 Å². The summed E-state index contributed by atoms with van der Waals surface area (Å²) in [7, 11) is 1.25. The maximum absolute atomic E-state index is 15.7. The Bertz CT molecular complexity index is 3720. The summed E-state index contributed by atoms with van der Waals surface area (Å²) in [5, 5.41) is 22.8. The molecule has 4 heterocycles. The lowest BCUT2D eigenvalue weighted by atomic mass is 9.95. The maximum Gasteiger partial charge on any atom is 0.416 e. The van der Waals surface area contributed by atoms with Crippen LogP contribution in [0.5, 0.6) is 5.75 Å². The lowest BCUT2D eigenvalue weighted by Gasteiger charge is -2.28. The van der Waals surface area contributed by atoms with Crippen molar-refractivity contribution in [1.29, 1.82) is 0 Å². The van der Waals surface area contributed by atoms with Crippen LogP contribution in [0, 0.1) is 12.7 Å². The van der Waals surface area contributed by atoms with Crippen LogP contribution in [0.2, 0.25) is 0 Å². The number of hydrogen-bond acceptors (Lipinski definition) is 15. The number of benzene rings is 5. The smallest absolute Gasteiger partial charge is 0.416 e. The summed E-state index contributed by atoms with van der Waals surface area (Å²) in [6, 6.07) is 29.0. The van der Waals surface area contributed by atoms with E-state index < -0.39 is 41.7 Å². The summed E-state index contributed by atoms with van der Waals surface area (Å²) in [6.07, 6.45) is 1.57. The zero-order valence-corrected chi connectivity index (χ0v) is 50.4. The number of unbranched alkanes of at least 4 members (excludes halogenated alkanes) is 3. The number of carbonyl (C=O) groups excluding carboxylic acids is 4. The molecule has 5 aromatic carbocycles. The SMILES string of the molecule is COP([O-])(=S)OCCCCCCNC(=O)CCC(=O)N1Cc2ccccc2-c2nnn(CCOCCOCCOCCOc3cc(C(F)(F)F)cc(NC(=O)Nc4ccc(C)c(Nc5ccc6c(c5)NC(=O)/C6=C\c5ccc[nH]5)c4)c3F)c2-c2ccccc21. The number of urea groups is 1. The maximum atomic E-state index is 15.7. The topological polar surface area (TPSA) is 257 Å². The van der Waals surface area contributed by atoms with E-state index in [4.69, 9.17) is 35.3 Å². The number of anilines is 6. The summed E-state index contributed by atoms with van der Waals surface area (Å²) < 4.78 is 91.8. The minimum Gasteiger partial charge on any atom is -0.780 e. The van der Waals surface area contributed by atoms with Crippen molar-refractivity contribution in [1.82, 2.24) is 25.3 Å². The normalized spacial score (nSPS) is 13.7. The fourth-order valence-electron chi connectivity index (χ4n) is 9.82. The zero-order valence-electron chi connectivity index (χ0n) is 48.7. The van der Waals surface area contributed by atoms with Crippen molar-refractivity contribution < 1.29 is 69.6 Å². The lowest BCUT2D eigenvalue weighted by Crippen LogP contribution is -2.33. The monoisotopic (exact) mass is 1270 g/mol. The highest BCUT2D eigenvalue weighted by Crippen LogP contribution is 2.43. The molecule has 6 N–H and O–H groups in total. The van der Waals surface area contributed by atoms with E-state index in [2.05, 4.69) is 46.4 Å². The highest BCUT2D eigenvalue weighted by atomic mass is 32.5. The number of nitrogens with one attached hydrogen (secondary N) is 6. The van der Waals surface area contributed by atoms with Gasteiger partial charge in [0, 0.05) is 72.1 Å². The van der Waals surface area contributed by atoms with E-state index >= 15 is 4.39 Å². The van der Waals surface area contributed by atoms with Crippen molar-refractivity contribution in [3.8, 4) is 28.3 Å². The van der Waals surface area contributed by atoms with E-state index in [1.54, 1.807) is 58.3 Å². The van der Waals surface area contributed by atoms with E-state index in [0.717, 1.165) is 52.8 Å². The first-order chi connectivity index (χ1) is 42.9. The Kier molecular flexibility index (Phi) is 22.5. The number of aromatic nitrogens is 4. The predicted molar refractivity (Wildman–Crippen MR) is 330 cm³/mol. The third kappa shape index (κ3) is 17.7. The number of amides is 5. The van der Waals surface area contributed by atoms with Crippen LogP contribution in [-0.2, 0) is 68.7 Å². The fourth-order valence-corrected chi connectivity index (χ4v) is 10.5. The Hall–Kier alpha value is -8.33. The van der Waals surface area contributed by atoms with Gasteiger partial charge in [-0.3, -0.25) is 14.4 Å². The number of halogens is 4. The molecule has 1 atom stereocenters. The Morgan fingerprint density at radius 1 is 0.787 bits per heavy atom. The molecule has 0 radical (unpaired) electrons. The number of hydrogen-bond donors (Lipinski definition) is 6. The average Bonchev–Trinajstić information content (AvgIpc) is 1.80. The molecule has 0 aliphatic carbocycles. The number of alkyl halides is 3. The third-order valence-corrected chi connectivity index (χ3v) is 16.0. The average molecular weight is 1270 g/mol. The first-order valence-electron chi connectivity index (χ1n) is 28.7. The molecule has 0 saturated heterocycles. The van der Waals surface area contributed by atoms with Crippen molar-refractivity contribution in [2.24, 2.45) is 0 Å². The molecule has 27 heteroatoms. The number of rotatable bonds is 30. The number of H-pyrrole nitrogens is 1. The van der Waals surface area contributed by atoms with Crippen LogP contribution in [0.4, 0.5) is 56.5 Å². The van der Waals surface area contributed by atoms with Gasteiger partial charge in [0.1, 0.15) is 19.0 Å². The van der Waals surface area contributed by atoms with Crippen LogP contribution in [-0.4, -0.2) is 110 Å².